The molecule has 7 nitrogen and oxygen atoms in total. The first-order chi connectivity index (χ1) is 14.1. The molecule has 0 saturated carbocycles. The highest BCUT2D eigenvalue weighted by Crippen LogP contribution is 2.33. The predicted octanol–water partition coefficient (Wildman–Crippen LogP) is 3.58. The van der Waals surface area contributed by atoms with E-state index in [1.165, 1.54) is 7.11 Å². The Morgan fingerprint density at radius 1 is 1.17 bits per heavy atom. The molecule has 2 aromatic rings. The number of ether oxygens (including phenoxy) is 1. The Morgan fingerprint density at radius 3 is 2.69 bits per heavy atom. The number of fused-ring (bicyclic) bond motifs is 1. The molecule has 29 heavy (non-hydrogen) atoms. The van der Waals surface area contributed by atoms with Gasteiger partial charge in [0.15, 0.2) is 0 Å². The van der Waals surface area contributed by atoms with Crippen LogP contribution >= 0.6 is 0 Å². The molecule has 2 aliphatic rings. The summed E-state index contributed by atoms with van der Waals surface area (Å²) >= 11 is 0. The molecule has 2 amide bonds. The summed E-state index contributed by atoms with van der Waals surface area (Å²) in [4.78, 5) is 28.5. The molecule has 1 heterocycles. The fourth-order valence-corrected chi connectivity index (χ4v) is 4.12. The molecular formula is C22H23N3O4. The van der Waals surface area contributed by atoms with E-state index in [1.807, 2.05) is 48.5 Å². The molecule has 0 aromatic heterocycles. The summed E-state index contributed by atoms with van der Waals surface area (Å²) in [6, 6.07) is 15.1. The number of esters is 1. The lowest BCUT2D eigenvalue weighted by Gasteiger charge is -2.23. The summed E-state index contributed by atoms with van der Waals surface area (Å²) in [5.74, 6) is -0.280. The number of carbonyl (C=O) groups is 2. The van der Waals surface area contributed by atoms with Crippen molar-refractivity contribution in [3.63, 3.8) is 0 Å². The normalized spacial score (nSPS) is 19.7. The highest BCUT2D eigenvalue weighted by atomic mass is 16.5. The van der Waals surface area contributed by atoms with Crippen LogP contribution in [0.5, 0.6) is 0 Å². The molecule has 1 fully saturated rings. The van der Waals surface area contributed by atoms with Crippen molar-refractivity contribution >= 4 is 29.1 Å². The molecule has 150 valence electrons. The summed E-state index contributed by atoms with van der Waals surface area (Å²) < 4.78 is 4.77. The number of carbonyl (C=O) groups excluding carboxylic acids is 2. The number of urea groups is 1. The highest BCUT2D eigenvalue weighted by molar-refractivity contribution is 6.08. The van der Waals surface area contributed by atoms with Crippen molar-refractivity contribution in [2.75, 3.05) is 23.5 Å². The van der Waals surface area contributed by atoms with Gasteiger partial charge in [-0.3, -0.25) is 14.6 Å². The van der Waals surface area contributed by atoms with Gasteiger partial charge >= 0.3 is 12.0 Å². The Labute approximate surface area is 169 Å². The first kappa shape index (κ1) is 19.0. The van der Waals surface area contributed by atoms with Gasteiger partial charge < -0.3 is 9.94 Å². The van der Waals surface area contributed by atoms with Gasteiger partial charge in [-0.1, -0.05) is 29.4 Å². The van der Waals surface area contributed by atoms with Crippen LogP contribution < -0.4 is 9.80 Å². The molecule has 2 aromatic carbocycles. The fraction of sp³-hybridized carbons (Fsp3) is 0.318. The minimum atomic E-state index is -0.280. The van der Waals surface area contributed by atoms with Crippen molar-refractivity contribution in [1.29, 1.82) is 0 Å². The number of para-hydroxylation sites is 1. The number of anilines is 2. The van der Waals surface area contributed by atoms with E-state index in [0.29, 0.717) is 25.1 Å². The van der Waals surface area contributed by atoms with Crippen molar-refractivity contribution in [3.8, 4) is 0 Å². The third-order valence-electron chi connectivity index (χ3n) is 5.60. The smallest absolute Gasteiger partial charge is 0.329 e. The molecule has 0 spiro atoms. The second kappa shape index (κ2) is 7.95. The van der Waals surface area contributed by atoms with Crippen LogP contribution in [-0.4, -0.2) is 42.6 Å². The van der Waals surface area contributed by atoms with Gasteiger partial charge in [0.25, 0.3) is 0 Å². The van der Waals surface area contributed by atoms with Crippen LogP contribution in [-0.2, 0) is 16.0 Å². The lowest BCUT2D eigenvalue weighted by molar-refractivity contribution is -0.140. The van der Waals surface area contributed by atoms with E-state index >= 15 is 0 Å². The maximum absolute atomic E-state index is 13.3. The van der Waals surface area contributed by atoms with Crippen molar-refractivity contribution in [2.24, 2.45) is 5.16 Å². The van der Waals surface area contributed by atoms with Gasteiger partial charge in [-0.15, -0.1) is 0 Å². The number of aryl methyl sites for hydroxylation is 1. The first-order valence-electron chi connectivity index (χ1n) is 9.69. The van der Waals surface area contributed by atoms with Crippen molar-refractivity contribution < 1.29 is 19.5 Å². The van der Waals surface area contributed by atoms with Crippen LogP contribution in [0.2, 0.25) is 0 Å². The number of benzene rings is 2. The minimum absolute atomic E-state index is 0.111. The number of amides is 2. The van der Waals surface area contributed by atoms with Crippen LogP contribution in [0.4, 0.5) is 16.2 Å². The maximum Gasteiger partial charge on any atom is 0.329 e. The Morgan fingerprint density at radius 2 is 1.97 bits per heavy atom. The monoisotopic (exact) mass is 393 g/mol. The zero-order valence-electron chi connectivity index (χ0n) is 16.2. The predicted molar refractivity (Wildman–Crippen MR) is 110 cm³/mol. The van der Waals surface area contributed by atoms with Gasteiger partial charge in [-0.05, 0) is 49.1 Å². The Hall–Kier alpha value is -3.35. The molecule has 1 atom stereocenters. The van der Waals surface area contributed by atoms with Gasteiger partial charge in [0.1, 0.15) is 0 Å². The average molecular weight is 393 g/mol. The number of hydrogen-bond acceptors (Lipinski definition) is 5. The molecule has 1 unspecified atom stereocenters. The van der Waals surface area contributed by atoms with E-state index < -0.39 is 0 Å². The number of rotatable bonds is 5. The van der Waals surface area contributed by atoms with E-state index in [-0.39, 0.29) is 24.5 Å². The number of hydrogen-bond donors (Lipinski definition) is 1. The Balaban J connectivity index is 1.63. The summed E-state index contributed by atoms with van der Waals surface area (Å²) in [6.07, 6.45) is 2.27. The van der Waals surface area contributed by atoms with Gasteiger partial charge in [0, 0.05) is 29.9 Å². The minimum Gasteiger partial charge on any atom is -0.469 e. The van der Waals surface area contributed by atoms with Crippen molar-refractivity contribution in [3.05, 3.63) is 59.7 Å². The largest absolute Gasteiger partial charge is 0.469 e. The molecule has 0 bridgehead atoms. The lowest BCUT2D eigenvalue weighted by atomic mass is 10.1. The van der Waals surface area contributed by atoms with E-state index in [2.05, 4.69) is 5.16 Å². The third kappa shape index (κ3) is 3.55. The molecule has 1 aliphatic heterocycles. The highest BCUT2D eigenvalue weighted by Gasteiger charge is 2.39. The molecular weight excluding hydrogens is 370 g/mol. The third-order valence-corrected chi connectivity index (χ3v) is 5.60. The maximum atomic E-state index is 13.3. The standard InChI is InChI=1S/C22H23N3O4/c1-29-21(26)12-9-18-14-24(22(27)25(18)16-5-3-2-4-6-16)17-8-10-19-15(13-17)7-11-20(19)23-28/h2-6,8,10,13,18,28H,7,9,11-12,14H2,1H3. The topological polar surface area (TPSA) is 82.4 Å². The van der Waals surface area contributed by atoms with Crippen LogP contribution in [0.25, 0.3) is 0 Å². The Kier molecular flexibility index (Phi) is 5.20. The van der Waals surface area contributed by atoms with E-state index in [9.17, 15) is 9.59 Å². The van der Waals surface area contributed by atoms with Crippen LogP contribution in [0, 0.1) is 0 Å². The fourth-order valence-electron chi connectivity index (χ4n) is 4.12. The van der Waals surface area contributed by atoms with Crippen LogP contribution in [0.1, 0.15) is 30.4 Å². The van der Waals surface area contributed by atoms with E-state index in [1.54, 1.807) is 9.80 Å². The zero-order valence-corrected chi connectivity index (χ0v) is 16.2. The molecule has 7 heteroatoms. The quantitative estimate of drug-likeness (QED) is 0.478. The Bertz CT molecular complexity index is 958. The second-order valence-corrected chi connectivity index (χ2v) is 7.26. The summed E-state index contributed by atoms with van der Waals surface area (Å²) in [5, 5.41) is 12.5. The first-order valence-corrected chi connectivity index (χ1v) is 9.69. The summed E-state index contributed by atoms with van der Waals surface area (Å²) in [7, 11) is 1.37. The second-order valence-electron chi connectivity index (χ2n) is 7.26. The molecule has 0 radical (unpaired) electrons. The summed E-state index contributed by atoms with van der Waals surface area (Å²) in [5.41, 5.74) is 4.32. The van der Waals surface area contributed by atoms with Crippen LogP contribution in [0.15, 0.2) is 53.7 Å². The van der Waals surface area contributed by atoms with Crippen LogP contribution in [0.3, 0.4) is 0 Å². The molecule has 4 rings (SSSR count). The average Bonchev–Trinajstić information content (AvgIpc) is 3.32. The zero-order chi connectivity index (χ0) is 20.4. The van der Waals surface area contributed by atoms with Gasteiger partial charge in [-0.25, -0.2) is 4.79 Å². The molecule has 1 aliphatic carbocycles. The number of methoxy groups -OCH3 is 1. The van der Waals surface area contributed by atoms with E-state index in [4.69, 9.17) is 9.94 Å². The summed E-state index contributed by atoms with van der Waals surface area (Å²) in [6.45, 7) is 0.491. The number of oxime groups is 1. The van der Waals surface area contributed by atoms with E-state index in [0.717, 1.165) is 28.9 Å². The lowest BCUT2D eigenvalue weighted by Crippen LogP contribution is -2.35. The molecule has 1 N–H and O–H groups in total. The molecule has 1 saturated heterocycles. The van der Waals surface area contributed by atoms with Crippen molar-refractivity contribution in [1.82, 2.24) is 0 Å². The van der Waals surface area contributed by atoms with Gasteiger partial charge in [0.2, 0.25) is 0 Å². The van der Waals surface area contributed by atoms with Gasteiger partial charge in [0.05, 0.1) is 18.9 Å². The van der Waals surface area contributed by atoms with Gasteiger partial charge in [-0.2, -0.15) is 0 Å². The SMILES string of the molecule is COC(=O)CCC1CN(c2ccc3c(c2)CCC3=NO)C(=O)N1c1ccccc1. The van der Waals surface area contributed by atoms with Crippen molar-refractivity contribution in [2.45, 2.75) is 31.7 Å². The number of nitrogens with zero attached hydrogens (tertiary/aromatic N) is 3.